The van der Waals surface area contributed by atoms with Crippen molar-refractivity contribution in [2.45, 2.75) is 13.8 Å². The summed E-state index contributed by atoms with van der Waals surface area (Å²) in [5.41, 5.74) is 1.83. The first-order valence-electron chi connectivity index (χ1n) is 3.95. The summed E-state index contributed by atoms with van der Waals surface area (Å²) in [5, 5.41) is 0. The Morgan fingerprint density at radius 2 is 1.33 bits per heavy atom. The molecule has 0 aliphatic rings. The lowest BCUT2D eigenvalue weighted by Gasteiger charge is -1.97. The Balaban J connectivity index is 3.08. The fourth-order valence-corrected chi connectivity index (χ4v) is 0.961. The van der Waals surface area contributed by atoms with Gasteiger partial charge in [0.2, 0.25) is 0 Å². The number of benzene rings is 1. The first-order chi connectivity index (χ1) is 5.88. The highest BCUT2D eigenvalue weighted by atomic mass is 14.8. The molecule has 1 aromatic rings. The van der Waals surface area contributed by atoms with E-state index >= 15 is 0 Å². The van der Waals surface area contributed by atoms with E-state index < -0.39 is 0 Å². The van der Waals surface area contributed by atoms with E-state index in [9.17, 15) is 0 Å². The Hall–Kier alpha value is -1.44. The molecule has 12 heavy (non-hydrogen) atoms. The number of rotatable bonds is 2. The third kappa shape index (κ3) is 2.02. The Labute approximate surface area is 72.7 Å². The molecular formula is C10H12N2. The molecule has 62 valence electrons. The fourth-order valence-electron chi connectivity index (χ4n) is 0.961. The van der Waals surface area contributed by atoms with Gasteiger partial charge in [-0.3, -0.25) is 9.98 Å². The molecule has 0 fully saturated rings. The predicted octanol–water partition coefficient (Wildman–Crippen LogP) is 3.13. The predicted molar refractivity (Wildman–Crippen MR) is 54.1 cm³/mol. The summed E-state index contributed by atoms with van der Waals surface area (Å²) < 4.78 is 0. The molecule has 1 rings (SSSR count). The highest BCUT2D eigenvalue weighted by molar-refractivity contribution is 5.72. The summed E-state index contributed by atoms with van der Waals surface area (Å²) in [6.45, 7) is 3.79. The van der Waals surface area contributed by atoms with Crippen molar-refractivity contribution >= 4 is 23.8 Å². The topological polar surface area (TPSA) is 24.7 Å². The van der Waals surface area contributed by atoms with Gasteiger partial charge in [0.25, 0.3) is 0 Å². The Bertz CT molecular complexity index is 269. The van der Waals surface area contributed by atoms with Crippen molar-refractivity contribution in [1.29, 1.82) is 0 Å². The van der Waals surface area contributed by atoms with Crippen molar-refractivity contribution < 1.29 is 0 Å². The van der Waals surface area contributed by atoms with Gasteiger partial charge >= 0.3 is 0 Å². The van der Waals surface area contributed by atoms with Gasteiger partial charge in [-0.2, -0.15) is 0 Å². The molecule has 0 aliphatic carbocycles. The van der Waals surface area contributed by atoms with Crippen LogP contribution in [0, 0.1) is 0 Å². The summed E-state index contributed by atoms with van der Waals surface area (Å²) in [7, 11) is 0. The molecule has 0 spiro atoms. The molecule has 0 amide bonds. The fraction of sp³-hybridized carbons (Fsp3) is 0.200. The largest absolute Gasteiger partial charge is 0.259 e. The lowest BCUT2D eigenvalue weighted by molar-refractivity contribution is 1.45. The van der Waals surface area contributed by atoms with Gasteiger partial charge in [-0.1, -0.05) is 12.1 Å². The molecule has 0 aromatic heterocycles. The van der Waals surface area contributed by atoms with Gasteiger partial charge in [0.1, 0.15) is 0 Å². The lowest BCUT2D eigenvalue weighted by Crippen LogP contribution is -1.69. The summed E-state index contributed by atoms with van der Waals surface area (Å²) in [6, 6.07) is 7.80. The van der Waals surface area contributed by atoms with Gasteiger partial charge in [-0.15, -0.1) is 0 Å². The highest BCUT2D eigenvalue weighted by Gasteiger charge is 1.93. The molecule has 0 heterocycles. The second-order valence-electron chi connectivity index (χ2n) is 2.26. The van der Waals surface area contributed by atoms with Crippen LogP contribution >= 0.6 is 0 Å². The van der Waals surface area contributed by atoms with E-state index in [0.29, 0.717) is 0 Å². The second kappa shape index (κ2) is 4.44. The van der Waals surface area contributed by atoms with Crippen molar-refractivity contribution in [3.05, 3.63) is 24.3 Å². The van der Waals surface area contributed by atoms with Crippen LogP contribution in [0.5, 0.6) is 0 Å². The van der Waals surface area contributed by atoms with Crippen molar-refractivity contribution in [1.82, 2.24) is 0 Å². The lowest BCUT2D eigenvalue weighted by atomic mass is 10.3. The summed E-state index contributed by atoms with van der Waals surface area (Å²) in [5.74, 6) is 0. The number of hydrogen-bond acceptors (Lipinski definition) is 2. The average Bonchev–Trinajstić information content (AvgIpc) is 2.09. The van der Waals surface area contributed by atoms with Crippen LogP contribution in [0.2, 0.25) is 0 Å². The zero-order valence-electron chi connectivity index (χ0n) is 7.36. The maximum absolute atomic E-state index is 4.19. The van der Waals surface area contributed by atoms with Gasteiger partial charge in [0, 0.05) is 12.4 Å². The van der Waals surface area contributed by atoms with Crippen LogP contribution in [-0.4, -0.2) is 12.4 Å². The third-order valence-corrected chi connectivity index (χ3v) is 1.42. The van der Waals surface area contributed by atoms with Gasteiger partial charge in [0.15, 0.2) is 0 Å². The molecule has 2 nitrogen and oxygen atoms in total. The summed E-state index contributed by atoms with van der Waals surface area (Å²) in [4.78, 5) is 8.37. The summed E-state index contributed by atoms with van der Waals surface area (Å²) in [6.07, 6.45) is 3.54. The Morgan fingerprint density at radius 1 is 0.917 bits per heavy atom. The normalized spacial score (nSPS) is 11.5. The van der Waals surface area contributed by atoms with Crippen LogP contribution in [0.25, 0.3) is 0 Å². The zero-order chi connectivity index (χ0) is 8.81. The number of para-hydroxylation sites is 2. The standard InChI is InChI=1S/C10H12N2/c1-3-11-9-7-5-6-8-10(9)12-4-2/h3-8H,1-2H3/b11-3-,12-4+. The average molecular weight is 160 g/mol. The monoisotopic (exact) mass is 160 g/mol. The molecule has 2 heteroatoms. The van der Waals surface area contributed by atoms with E-state index in [1.54, 1.807) is 12.4 Å². The first-order valence-corrected chi connectivity index (χ1v) is 3.95. The van der Waals surface area contributed by atoms with E-state index in [4.69, 9.17) is 0 Å². The molecule has 0 saturated carbocycles. The van der Waals surface area contributed by atoms with Crippen molar-refractivity contribution in [2.75, 3.05) is 0 Å². The maximum atomic E-state index is 4.19. The van der Waals surface area contributed by atoms with Crippen molar-refractivity contribution in [3.63, 3.8) is 0 Å². The first kappa shape index (κ1) is 8.65. The minimum Gasteiger partial charge on any atom is -0.259 e. The van der Waals surface area contributed by atoms with Crippen LogP contribution < -0.4 is 0 Å². The van der Waals surface area contributed by atoms with E-state index in [1.165, 1.54) is 0 Å². The van der Waals surface area contributed by atoms with Gasteiger partial charge in [-0.05, 0) is 26.0 Å². The van der Waals surface area contributed by atoms with Gasteiger partial charge in [-0.25, -0.2) is 0 Å². The Morgan fingerprint density at radius 3 is 1.67 bits per heavy atom. The maximum Gasteiger partial charge on any atom is 0.0881 e. The van der Waals surface area contributed by atoms with Gasteiger partial charge in [0.05, 0.1) is 11.4 Å². The van der Waals surface area contributed by atoms with Crippen LogP contribution in [0.1, 0.15) is 13.8 Å². The van der Waals surface area contributed by atoms with Crippen molar-refractivity contribution in [3.8, 4) is 0 Å². The molecule has 0 aliphatic heterocycles. The molecular weight excluding hydrogens is 148 g/mol. The molecule has 0 saturated heterocycles. The van der Waals surface area contributed by atoms with Crippen LogP contribution in [0.15, 0.2) is 34.3 Å². The molecule has 0 bridgehead atoms. The smallest absolute Gasteiger partial charge is 0.0881 e. The Kier molecular flexibility index (Phi) is 3.20. The van der Waals surface area contributed by atoms with E-state index in [0.717, 1.165) is 11.4 Å². The molecule has 1 aromatic carbocycles. The number of hydrogen-bond donors (Lipinski definition) is 0. The SMILES string of the molecule is C/C=N\c1ccccc1/N=C/C. The molecule has 0 radical (unpaired) electrons. The molecule has 0 unspecified atom stereocenters. The van der Waals surface area contributed by atoms with E-state index in [-0.39, 0.29) is 0 Å². The minimum atomic E-state index is 0.915. The van der Waals surface area contributed by atoms with Crippen LogP contribution in [0.3, 0.4) is 0 Å². The number of nitrogens with zero attached hydrogens (tertiary/aromatic N) is 2. The number of aliphatic imine (C=N–C) groups is 2. The summed E-state index contributed by atoms with van der Waals surface area (Å²) >= 11 is 0. The van der Waals surface area contributed by atoms with E-state index in [2.05, 4.69) is 9.98 Å². The molecule has 0 N–H and O–H groups in total. The second-order valence-corrected chi connectivity index (χ2v) is 2.26. The van der Waals surface area contributed by atoms with Crippen LogP contribution in [0.4, 0.5) is 11.4 Å². The quantitative estimate of drug-likeness (QED) is 0.594. The minimum absolute atomic E-state index is 0.915. The van der Waals surface area contributed by atoms with E-state index in [1.807, 2.05) is 38.1 Å². The van der Waals surface area contributed by atoms with Crippen molar-refractivity contribution in [2.24, 2.45) is 9.98 Å². The van der Waals surface area contributed by atoms with Crippen LogP contribution in [-0.2, 0) is 0 Å². The molecule has 0 atom stereocenters. The zero-order valence-corrected chi connectivity index (χ0v) is 7.36. The van der Waals surface area contributed by atoms with Gasteiger partial charge < -0.3 is 0 Å². The third-order valence-electron chi connectivity index (χ3n) is 1.42. The highest BCUT2D eigenvalue weighted by Crippen LogP contribution is 2.26.